The summed E-state index contributed by atoms with van der Waals surface area (Å²) in [4.78, 5) is 2.37. The minimum atomic E-state index is 0.283. The topological polar surface area (TPSA) is 39.6 Å². The average Bonchev–Trinajstić information content (AvgIpc) is 2.81. The van der Waals surface area contributed by atoms with Gasteiger partial charge >= 0.3 is 0 Å². The normalized spacial score (nSPS) is 34.9. The van der Waals surface area contributed by atoms with Gasteiger partial charge in [-0.25, -0.2) is 0 Å². The van der Waals surface area contributed by atoms with Crippen LogP contribution in [-0.4, -0.2) is 37.2 Å². The summed E-state index contributed by atoms with van der Waals surface area (Å²) in [6, 6.07) is 2.32. The zero-order chi connectivity index (χ0) is 8.39. The SMILES string of the molecule is N#CC1CCN(CCC2CO2)C1. The van der Waals surface area contributed by atoms with Gasteiger partial charge in [-0.1, -0.05) is 0 Å². The largest absolute Gasteiger partial charge is 0.373 e. The van der Waals surface area contributed by atoms with Crippen LogP contribution in [0.2, 0.25) is 0 Å². The minimum Gasteiger partial charge on any atom is -0.373 e. The van der Waals surface area contributed by atoms with Crippen molar-refractivity contribution in [2.24, 2.45) is 5.92 Å². The molecule has 2 saturated heterocycles. The van der Waals surface area contributed by atoms with Crippen LogP contribution >= 0.6 is 0 Å². The van der Waals surface area contributed by atoms with Gasteiger partial charge in [-0.2, -0.15) is 5.26 Å². The van der Waals surface area contributed by atoms with E-state index in [1.54, 1.807) is 0 Å². The fraction of sp³-hybridized carbons (Fsp3) is 0.889. The van der Waals surface area contributed by atoms with Crippen molar-refractivity contribution >= 4 is 0 Å². The zero-order valence-corrected chi connectivity index (χ0v) is 7.20. The third-order valence-corrected chi connectivity index (χ3v) is 2.62. The van der Waals surface area contributed by atoms with Crippen molar-refractivity contribution < 1.29 is 4.74 Å². The summed E-state index contributed by atoms with van der Waals surface area (Å²) in [6.07, 6.45) is 2.74. The number of hydrogen-bond acceptors (Lipinski definition) is 3. The zero-order valence-electron chi connectivity index (χ0n) is 7.20. The molecule has 2 aliphatic heterocycles. The second-order valence-electron chi connectivity index (χ2n) is 3.66. The summed E-state index contributed by atoms with van der Waals surface area (Å²) in [7, 11) is 0. The molecule has 0 spiro atoms. The van der Waals surface area contributed by atoms with Crippen LogP contribution in [-0.2, 0) is 4.74 Å². The quantitative estimate of drug-likeness (QED) is 0.577. The Kier molecular flexibility index (Phi) is 2.29. The standard InChI is InChI=1S/C9H14N2O/c10-5-8-1-3-11(6-8)4-2-9-7-12-9/h8-9H,1-4,6-7H2. The van der Waals surface area contributed by atoms with Crippen LogP contribution in [0.4, 0.5) is 0 Å². The molecule has 2 atom stereocenters. The van der Waals surface area contributed by atoms with Gasteiger partial charge in [0.05, 0.1) is 24.7 Å². The molecule has 3 heteroatoms. The number of ether oxygens (including phenoxy) is 1. The fourth-order valence-corrected chi connectivity index (χ4v) is 1.70. The molecule has 0 aromatic rings. The van der Waals surface area contributed by atoms with Gasteiger partial charge in [0.15, 0.2) is 0 Å². The molecule has 0 aliphatic carbocycles. The number of nitriles is 1. The van der Waals surface area contributed by atoms with Gasteiger partial charge in [0.25, 0.3) is 0 Å². The van der Waals surface area contributed by atoms with Crippen molar-refractivity contribution in [3.63, 3.8) is 0 Å². The van der Waals surface area contributed by atoms with Crippen molar-refractivity contribution in [1.82, 2.24) is 4.90 Å². The lowest BCUT2D eigenvalue weighted by atomic mass is 10.1. The molecule has 0 amide bonds. The molecule has 0 saturated carbocycles. The molecule has 0 radical (unpaired) electrons. The number of epoxide rings is 1. The molecule has 2 heterocycles. The van der Waals surface area contributed by atoms with Crippen molar-refractivity contribution in [3.8, 4) is 6.07 Å². The third kappa shape index (κ3) is 1.96. The van der Waals surface area contributed by atoms with Crippen LogP contribution in [0.5, 0.6) is 0 Å². The predicted octanol–water partition coefficient (Wildman–Crippen LogP) is 0.621. The lowest BCUT2D eigenvalue weighted by Crippen LogP contribution is -2.22. The molecule has 0 aromatic carbocycles. The first kappa shape index (κ1) is 8.03. The Bertz CT molecular complexity index is 195. The van der Waals surface area contributed by atoms with Gasteiger partial charge in [0, 0.05) is 13.1 Å². The summed E-state index contributed by atoms with van der Waals surface area (Å²) in [5.74, 6) is 0.283. The van der Waals surface area contributed by atoms with Gasteiger partial charge < -0.3 is 9.64 Å². The highest BCUT2D eigenvalue weighted by atomic mass is 16.6. The highest BCUT2D eigenvalue weighted by molar-refractivity contribution is 4.90. The van der Waals surface area contributed by atoms with E-state index in [9.17, 15) is 0 Å². The van der Waals surface area contributed by atoms with Crippen LogP contribution in [0.3, 0.4) is 0 Å². The van der Waals surface area contributed by atoms with E-state index in [0.29, 0.717) is 6.10 Å². The maximum atomic E-state index is 8.67. The van der Waals surface area contributed by atoms with Crippen LogP contribution in [0.1, 0.15) is 12.8 Å². The smallest absolute Gasteiger partial charge is 0.0822 e. The monoisotopic (exact) mass is 166 g/mol. The van der Waals surface area contributed by atoms with E-state index in [1.807, 2.05) is 0 Å². The molecule has 0 bridgehead atoms. The lowest BCUT2D eigenvalue weighted by molar-refractivity contribution is 0.300. The van der Waals surface area contributed by atoms with Gasteiger partial charge in [-0.3, -0.25) is 0 Å². The number of nitrogens with zero attached hydrogens (tertiary/aromatic N) is 2. The molecular formula is C9H14N2O. The molecule has 0 N–H and O–H groups in total. The fourth-order valence-electron chi connectivity index (χ4n) is 1.70. The first-order chi connectivity index (χ1) is 5.88. The van der Waals surface area contributed by atoms with E-state index in [-0.39, 0.29) is 5.92 Å². The van der Waals surface area contributed by atoms with Crippen molar-refractivity contribution in [2.45, 2.75) is 18.9 Å². The number of hydrogen-bond donors (Lipinski definition) is 0. The molecule has 2 rings (SSSR count). The predicted molar refractivity (Wildman–Crippen MR) is 44.5 cm³/mol. The first-order valence-corrected chi connectivity index (χ1v) is 4.62. The Balaban J connectivity index is 1.65. The van der Waals surface area contributed by atoms with E-state index < -0.39 is 0 Å². The highest BCUT2D eigenvalue weighted by Gasteiger charge is 2.26. The van der Waals surface area contributed by atoms with Crippen molar-refractivity contribution in [1.29, 1.82) is 5.26 Å². The maximum absolute atomic E-state index is 8.67. The molecular weight excluding hydrogens is 152 g/mol. The minimum absolute atomic E-state index is 0.283. The summed E-state index contributed by atoms with van der Waals surface area (Å²) in [5.41, 5.74) is 0. The Morgan fingerprint density at radius 1 is 1.58 bits per heavy atom. The number of likely N-dealkylation sites (tertiary alicyclic amines) is 1. The van der Waals surface area contributed by atoms with E-state index in [4.69, 9.17) is 10.00 Å². The van der Waals surface area contributed by atoms with E-state index in [1.165, 1.54) is 0 Å². The molecule has 66 valence electrons. The second-order valence-corrected chi connectivity index (χ2v) is 3.66. The Labute approximate surface area is 72.9 Å². The molecule has 0 aromatic heterocycles. The molecule has 2 aliphatic rings. The van der Waals surface area contributed by atoms with Gasteiger partial charge in [-0.05, 0) is 19.4 Å². The molecule has 2 unspecified atom stereocenters. The van der Waals surface area contributed by atoms with Crippen molar-refractivity contribution in [3.05, 3.63) is 0 Å². The van der Waals surface area contributed by atoms with Crippen LogP contribution < -0.4 is 0 Å². The Hall–Kier alpha value is -0.590. The summed E-state index contributed by atoms with van der Waals surface area (Å²) >= 11 is 0. The molecule has 12 heavy (non-hydrogen) atoms. The lowest BCUT2D eigenvalue weighted by Gasteiger charge is -2.12. The van der Waals surface area contributed by atoms with E-state index >= 15 is 0 Å². The Morgan fingerprint density at radius 2 is 2.42 bits per heavy atom. The number of rotatable bonds is 3. The molecule has 2 fully saturated rings. The average molecular weight is 166 g/mol. The third-order valence-electron chi connectivity index (χ3n) is 2.62. The first-order valence-electron chi connectivity index (χ1n) is 4.62. The van der Waals surface area contributed by atoms with Crippen LogP contribution in [0.25, 0.3) is 0 Å². The Morgan fingerprint density at radius 3 is 3.00 bits per heavy atom. The van der Waals surface area contributed by atoms with Gasteiger partial charge in [-0.15, -0.1) is 0 Å². The summed E-state index contributed by atoms with van der Waals surface area (Å²) in [6.45, 7) is 4.15. The van der Waals surface area contributed by atoms with Crippen molar-refractivity contribution in [2.75, 3.05) is 26.2 Å². The van der Waals surface area contributed by atoms with Gasteiger partial charge in [0.1, 0.15) is 0 Å². The summed E-state index contributed by atoms with van der Waals surface area (Å²) in [5, 5.41) is 8.67. The summed E-state index contributed by atoms with van der Waals surface area (Å²) < 4.78 is 5.13. The molecule has 3 nitrogen and oxygen atoms in total. The van der Waals surface area contributed by atoms with Crippen LogP contribution in [0.15, 0.2) is 0 Å². The second kappa shape index (κ2) is 3.42. The highest BCUT2D eigenvalue weighted by Crippen LogP contribution is 2.18. The van der Waals surface area contributed by atoms with E-state index in [0.717, 1.165) is 39.1 Å². The van der Waals surface area contributed by atoms with Crippen LogP contribution in [0, 0.1) is 17.2 Å². The maximum Gasteiger partial charge on any atom is 0.0822 e. The van der Waals surface area contributed by atoms with Gasteiger partial charge in [0.2, 0.25) is 0 Å². The van der Waals surface area contributed by atoms with E-state index in [2.05, 4.69) is 11.0 Å².